The van der Waals surface area contributed by atoms with Gasteiger partial charge in [-0.15, -0.1) is 0 Å². The van der Waals surface area contributed by atoms with Gasteiger partial charge >= 0.3 is 0 Å². The van der Waals surface area contributed by atoms with Crippen molar-refractivity contribution in [3.63, 3.8) is 0 Å². The first kappa shape index (κ1) is 13.7. The zero-order chi connectivity index (χ0) is 14.1. The fraction of sp³-hybridized carbons (Fsp3) is 0.529. The van der Waals surface area contributed by atoms with Crippen LogP contribution in [0.15, 0.2) is 34.7 Å². The Kier molecular flexibility index (Phi) is 3.81. The fourth-order valence-electron chi connectivity index (χ4n) is 2.66. The molecule has 3 heteroatoms. The number of hydrogen-bond acceptors (Lipinski definition) is 3. The summed E-state index contributed by atoms with van der Waals surface area (Å²) in [6.07, 6.45) is 2.76. The molecule has 2 aromatic rings. The van der Waals surface area contributed by atoms with Crippen molar-refractivity contribution in [2.24, 2.45) is 11.7 Å². The van der Waals surface area contributed by atoms with E-state index in [0.29, 0.717) is 6.04 Å². The van der Waals surface area contributed by atoms with E-state index in [2.05, 4.69) is 30.9 Å². The van der Waals surface area contributed by atoms with E-state index in [0.717, 1.165) is 29.2 Å². The van der Waals surface area contributed by atoms with Crippen molar-refractivity contribution in [2.75, 3.05) is 13.1 Å². The van der Waals surface area contributed by atoms with Crippen molar-refractivity contribution in [3.05, 3.63) is 36.1 Å². The predicted molar refractivity (Wildman–Crippen MR) is 82.6 cm³/mol. The van der Waals surface area contributed by atoms with Gasteiger partial charge in [0.15, 0.2) is 0 Å². The minimum absolute atomic E-state index is 0.0523. The topological polar surface area (TPSA) is 42.4 Å². The fourth-order valence-corrected chi connectivity index (χ4v) is 2.66. The Bertz CT molecular complexity index is 538. The lowest BCUT2D eigenvalue weighted by Gasteiger charge is -2.28. The van der Waals surface area contributed by atoms with Gasteiger partial charge in [-0.2, -0.15) is 0 Å². The minimum Gasteiger partial charge on any atom is -0.459 e. The Hall–Kier alpha value is -1.32. The average molecular weight is 272 g/mol. The van der Waals surface area contributed by atoms with Crippen molar-refractivity contribution in [2.45, 2.75) is 38.8 Å². The van der Waals surface area contributed by atoms with E-state index >= 15 is 0 Å². The lowest BCUT2D eigenvalue weighted by Crippen LogP contribution is -2.38. The Labute approximate surface area is 120 Å². The van der Waals surface area contributed by atoms with Gasteiger partial charge in [0.1, 0.15) is 11.3 Å². The van der Waals surface area contributed by atoms with Crippen molar-refractivity contribution in [3.8, 4) is 0 Å². The van der Waals surface area contributed by atoms with Crippen molar-refractivity contribution in [1.29, 1.82) is 0 Å². The monoisotopic (exact) mass is 272 g/mol. The third kappa shape index (κ3) is 3.05. The Morgan fingerprint density at radius 3 is 2.70 bits per heavy atom. The highest BCUT2D eigenvalue weighted by Gasteiger charge is 2.27. The molecule has 0 radical (unpaired) electrons. The average Bonchev–Trinajstić information content (AvgIpc) is 3.13. The van der Waals surface area contributed by atoms with Crippen LogP contribution < -0.4 is 5.73 Å². The number of nitrogens with zero attached hydrogens (tertiary/aromatic N) is 1. The van der Waals surface area contributed by atoms with E-state index in [9.17, 15) is 0 Å². The predicted octanol–water partition coefficient (Wildman–Crippen LogP) is 3.55. The van der Waals surface area contributed by atoms with Crippen LogP contribution in [0.3, 0.4) is 0 Å². The number of benzene rings is 1. The van der Waals surface area contributed by atoms with Gasteiger partial charge in [0.25, 0.3) is 0 Å². The highest BCUT2D eigenvalue weighted by molar-refractivity contribution is 5.77. The van der Waals surface area contributed by atoms with E-state index in [-0.39, 0.29) is 6.04 Å². The summed E-state index contributed by atoms with van der Waals surface area (Å²) in [5.74, 6) is 1.79. The summed E-state index contributed by atoms with van der Waals surface area (Å²) in [7, 11) is 0. The molecule has 0 spiro atoms. The molecular weight excluding hydrogens is 248 g/mol. The van der Waals surface area contributed by atoms with Gasteiger partial charge in [0.05, 0.1) is 6.04 Å². The Morgan fingerprint density at radius 1 is 1.30 bits per heavy atom. The molecule has 2 N–H and O–H groups in total. The molecule has 0 amide bonds. The largest absolute Gasteiger partial charge is 0.459 e. The third-order valence-corrected chi connectivity index (χ3v) is 4.16. The van der Waals surface area contributed by atoms with E-state index in [4.69, 9.17) is 10.2 Å². The Morgan fingerprint density at radius 2 is 2.05 bits per heavy atom. The molecule has 1 heterocycles. The second kappa shape index (κ2) is 5.58. The van der Waals surface area contributed by atoms with Crippen LogP contribution in [0.2, 0.25) is 0 Å². The van der Waals surface area contributed by atoms with Gasteiger partial charge in [0.2, 0.25) is 0 Å². The number of hydrogen-bond donors (Lipinski definition) is 1. The number of para-hydroxylation sites is 1. The molecule has 0 bridgehead atoms. The molecule has 3 rings (SSSR count). The maximum atomic E-state index is 6.36. The molecule has 108 valence electrons. The molecule has 3 nitrogen and oxygen atoms in total. The van der Waals surface area contributed by atoms with Crippen LogP contribution in [-0.2, 0) is 0 Å². The van der Waals surface area contributed by atoms with Crippen LogP contribution in [0.5, 0.6) is 0 Å². The summed E-state index contributed by atoms with van der Waals surface area (Å²) in [4.78, 5) is 2.48. The molecule has 20 heavy (non-hydrogen) atoms. The van der Waals surface area contributed by atoms with Gasteiger partial charge in [-0.25, -0.2) is 0 Å². The molecule has 1 unspecified atom stereocenters. The van der Waals surface area contributed by atoms with Crippen LogP contribution in [0, 0.1) is 5.92 Å². The normalized spacial score (nSPS) is 17.2. The van der Waals surface area contributed by atoms with Crippen LogP contribution >= 0.6 is 0 Å². The molecule has 1 aliphatic rings. The summed E-state index contributed by atoms with van der Waals surface area (Å²) in [5.41, 5.74) is 7.29. The van der Waals surface area contributed by atoms with Gasteiger partial charge in [-0.1, -0.05) is 18.2 Å². The van der Waals surface area contributed by atoms with Crippen LogP contribution in [0.25, 0.3) is 11.0 Å². The summed E-state index contributed by atoms with van der Waals surface area (Å²) in [6, 6.07) is 10.6. The summed E-state index contributed by atoms with van der Waals surface area (Å²) < 4.78 is 5.88. The van der Waals surface area contributed by atoms with Gasteiger partial charge < -0.3 is 10.2 Å². The highest BCUT2D eigenvalue weighted by Crippen LogP contribution is 2.31. The van der Waals surface area contributed by atoms with Gasteiger partial charge in [-0.05, 0) is 44.7 Å². The zero-order valence-electron chi connectivity index (χ0n) is 12.4. The highest BCUT2D eigenvalue weighted by atomic mass is 16.3. The quantitative estimate of drug-likeness (QED) is 0.874. The molecule has 1 aromatic heterocycles. The number of fused-ring (bicyclic) bond motifs is 1. The number of nitrogens with two attached hydrogens (primary N) is 1. The molecule has 1 saturated carbocycles. The van der Waals surface area contributed by atoms with E-state index in [1.807, 2.05) is 18.2 Å². The van der Waals surface area contributed by atoms with Gasteiger partial charge in [-0.3, -0.25) is 4.90 Å². The van der Waals surface area contributed by atoms with Crippen LogP contribution in [-0.4, -0.2) is 24.0 Å². The molecule has 1 fully saturated rings. The van der Waals surface area contributed by atoms with Gasteiger partial charge in [0, 0.05) is 24.5 Å². The summed E-state index contributed by atoms with van der Waals surface area (Å²) in [5, 5.41) is 1.14. The standard InChI is InChI=1S/C17H24N2O/c1-12(2)19(10-13-7-8-13)11-15(18)17-9-14-5-3-4-6-16(14)20-17/h3-6,9,12-13,15H,7-8,10-11,18H2,1-2H3. The van der Waals surface area contributed by atoms with E-state index < -0.39 is 0 Å². The molecule has 1 atom stereocenters. The van der Waals surface area contributed by atoms with Crippen LogP contribution in [0.1, 0.15) is 38.5 Å². The Balaban J connectivity index is 1.71. The summed E-state index contributed by atoms with van der Waals surface area (Å²) >= 11 is 0. The summed E-state index contributed by atoms with van der Waals surface area (Å²) in [6.45, 7) is 6.53. The molecular formula is C17H24N2O. The molecule has 1 aromatic carbocycles. The third-order valence-electron chi connectivity index (χ3n) is 4.16. The first-order valence-electron chi connectivity index (χ1n) is 7.61. The number of rotatable bonds is 6. The molecule has 0 saturated heterocycles. The lowest BCUT2D eigenvalue weighted by molar-refractivity contribution is 0.194. The SMILES string of the molecule is CC(C)N(CC1CC1)CC(N)c1cc2ccccc2o1. The second-order valence-electron chi connectivity index (χ2n) is 6.28. The second-order valence-corrected chi connectivity index (χ2v) is 6.28. The number of furan rings is 1. The van der Waals surface area contributed by atoms with Crippen molar-refractivity contribution < 1.29 is 4.42 Å². The zero-order valence-corrected chi connectivity index (χ0v) is 12.4. The molecule has 1 aliphatic carbocycles. The first-order chi connectivity index (χ1) is 9.63. The smallest absolute Gasteiger partial charge is 0.134 e. The van der Waals surface area contributed by atoms with Crippen molar-refractivity contribution >= 4 is 11.0 Å². The maximum absolute atomic E-state index is 6.36. The minimum atomic E-state index is -0.0523. The van der Waals surface area contributed by atoms with E-state index in [1.54, 1.807) is 0 Å². The maximum Gasteiger partial charge on any atom is 0.134 e. The first-order valence-corrected chi connectivity index (χ1v) is 7.61. The lowest BCUT2D eigenvalue weighted by atomic mass is 10.1. The molecule has 0 aliphatic heterocycles. The van der Waals surface area contributed by atoms with Crippen LogP contribution in [0.4, 0.5) is 0 Å². The van der Waals surface area contributed by atoms with Crippen molar-refractivity contribution in [1.82, 2.24) is 4.90 Å². The van der Waals surface area contributed by atoms with E-state index in [1.165, 1.54) is 19.4 Å².